The molecule has 6 heteroatoms. The lowest BCUT2D eigenvalue weighted by Gasteiger charge is -2.14. The number of nitriles is 1. The van der Waals surface area contributed by atoms with Crippen LogP contribution >= 0.6 is 34.8 Å². The van der Waals surface area contributed by atoms with Crippen molar-refractivity contribution in [1.29, 1.82) is 5.26 Å². The fraction of sp³-hybridized carbons (Fsp3) is 0.133. The Hall–Kier alpha value is -1.60. The van der Waals surface area contributed by atoms with Gasteiger partial charge in [-0.15, -0.1) is 0 Å². The molecule has 0 spiro atoms. The van der Waals surface area contributed by atoms with Crippen LogP contribution in [0.3, 0.4) is 0 Å². The number of rotatable bonds is 4. The molecular formula is C15H10Cl3NO2. The van der Waals surface area contributed by atoms with E-state index < -0.39 is 0 Å². The summed E-state index contributed by atoms with van der Waals surface area (Å²) in [6.45, 7) is 0.0767. The van der Waals surface area contributed by atoms with E-state index in [0.29, 0.717) is 37.7 Å². The van der Waals surface area contributed by atoms with Crippen molar-refractivity contribution in [3.8, 4) is 17.6 Å². The van der Waals surface area contributed by atoms with Gasteiger partial charge in [-0.25, -0.2) is 0 Å². The van der Waals surface area contributed by atoms with Crippen LogP contribution in [0.1, 0.15) is 11.1 Å². The summed E-state index contributed by atoms with van der Waals surface area (Å²) in [6, 6.07) is 10.4. The molecule has 0 N–H and O–H groups in total. The van der Waals surface area contributed by atoms with Gasteiger partial charge in [0.25, 0.3) is 0 Å². The highest BCUT2D eigenvalue weighted by molar-refractivity contribution is 6.44. The van der Waals surface area contributed by atoms with Crippen molar-refractivity contribution in [3.05, 3.63) is 56.5 Å². The molecule has 0 unspecified atom stereocenters. The quantitative estimate of drug-likeness (QED) is 0.725. The topological polar surface area (TPSA) is 42.2 Å². The number of methoxy groups -OCH3 is 1. The minimum Gasteiger partial charge on any atom is -0.493 e. The van der Waals surface area contributed by atoms with Crippen LogP contribution in [0.25, 0.3) is 0 Å². The molecule has 2 rings (SSSR count). The summed E-state index contributed by atoms with van der Waals surface area (Å²) in [7, 11) is 1.50. The molecule has 0 heterocycles. The van der Waals surface area contributed by atoms with Crippen LogP contribution in [0, 0.1) is 11.3 Å². The first-order chi connectivity index (χ1) is 10.1. The monoisotopic (exact) mass is 341 g/mol. The average molecular weight is 343 g/mol. The fourth-order valence-electron chi connectivity index (χ4n) is 1.76. The Morgan fingerprint density at radius 2 is 1.81 bits per heavy atom. The van der Waals surface area contributed by atoms with E-state index in [0.717, 1.165) is 0 Å². The van der Waals surface area contributed by atoms with Crippen molar-refractivity contribution < 1.29 is 9.47 Å². The maximum absolute atomic E-state index is 9.13. The second kappa shape index (κ2) is 6.91. The Bertz CT molecular complexity index is 711. The summed E-state index contributed by atoms with van der Waals surface area (Å²) in [4.78, 5) is 0. The summed E-state index contributed by atoms with van der Waals surface area (Å²) in [5.74, 6) is 0.804. The SMILES string of the molecule is COc1cccc(C#N)c1OCc1c(Cl)ccc(Cl)c1Cl. The normalized spacial score (nSPS) is 10.0. The fourth-order valence-corrected chi connectivity index (χ4v) is 2.42. The minimum absolute atomic E-state index is 0.0767. The van der Waals surface area contributed by atoms with Gasteiger partial charge in [-0.05, 0) is 24.3 Å². The summed E-state index contributed by atoms with van der Waals surface area (Å²) in [5, 5.41) is 10.3. The molecule has 0 amide bonds. The molecule has 3 nitrogen and oxygen atoms in total. The van der Waals surface area contributed by atoms with Crippen LogP contribution in [0.2, 0.25) is 15.1 Å². The van der Waals surface area contributed by atoms with Crippen molar-refractivity contribution in [2.24, 2.45) is 0 Å². The zero-order valence-corrected chi connectivity index (χ0v) is 13.3. The molecule has 0 aliphatic carbocycles. The van der Waals surface area contributed by atoms with E-state index in [4.69, 9.17) is 49.5 Å². The third-order valence-electron chi connectivity index (χ3n) is 2.82. The van der Waals surface area contributed by atoms with E-state index >= 15 is 0 Å². The van der Waals surface area contributed by atoms with E-state index in [1.807, 2.05) is 0 Å². The Morgan fingerprint density at radius 3 is 2.48 bits per heavy atom. The predicted octanol–water partition coefficient (Wildman–Crippen LogP) is 5.11. The van der Waals surface area contributed by atoms with Gasteiger partial charge < -0.3 is 9.47 Å². The van der Waals surface area contributed by atoms with Crippen LogP contribution in [-0.2, 0) is 6.61 Å². The number of ether oxygens (including phenoxy) is 2. The highest BCUT2D eigenvalue weighted by Crippen LogP contribution is 2.35. The first-order valence-corrected chi connectivity index (χ1v) is 7.04. The van der Waals surface area contributed by atoms with Crippen molar-refractivity contribution in [2.45, 2.75) is 6.61 Å². The van der Waals surface area contributed by atoms with Crippen LogP contribution < -0.4 is 9.47 Å². The molecule has 21 heavy (non-hydrogen) atoms. The van der Waals surface area contributed by atoms with Gasteiger partial charge in [0.05, 0.1) is 22.7 Å². The Labute approximate surface area is 137 Å². The van der Waals surface area contributed by atoms with E-state index in [1.165, 1.54) is 7.11 Å². The maximum atomic E-state index is 9.13. The largest absolute Gasteiger partial charge is 0.493 e. The second-order valence-corrected chi connectivity index (χ2v) is 5.25. The van der Waals surface area contributed by atoms with Gasteiger partial charge >= 0.3 is 0 Å². The predicted molar refractivity (Wildman–Crippen MR) is 83.5 cm³/mol. The van der Waals surface area contributed by atoms with Gasteiger partial charge in [-0.1, -0.05) is 40.9 Å². The van der Waals surface area contributed by atoms with Crippen molar-refractivity contribution >= 4 is 34.8 Å². The van der Waals surface area contributed by atoms with Crippen LogP contribution in [0.5, 0.6) is 11.5 Å². The third kappa shape index (κ3) is 3.36. The van der Waals surface area contributed by atoms with Gasteiger partial charge in [0.2, 0.25) is 0 Å². The number of nitrogens with zero attached hydrogens (tertiary/aromatic N) is 1. The van der Waals surface area contributed by atoms with Crippen LogP contribution in [-0.4, -0.2) is 7.11 Å². The van der Waals surface area contributed by atoms with Crippen molar-refractivity contribution in [1.82, 2.24) is 0 Å². The number of benzene rings is 2. The van der Waals surface area contributed by atoms with Gasteiger partial charge in [0.15, 0.2) is 11.5 Å². The number of halogens is 3. The van der Waals surface area contributed by atoms with E-state index in [9.17, 15) is 0 Å². The highest BCUT2D eigenvalue weighted by atomic mass is 35.5. The molecule has 0 bridgehead atoms. The smallest absolute Gasteiger partial charge is 0.179 e. The standard InChI is InChI=1S/C15H10Cl3NO2/c1-20-13-4-2-3-9(7-19)15(13)21-8-10-11(16)5-6-12(17)14(10)18/h2-6H,8H2,1H3. The molecule has 0 atom stereocenters. The summed E-state index contributed by atoms with van der Waals surface area (Å²) in [6.07, 6.45) is 0. The lowest BCUT2D eigenvalue weighted by atomic mass is 10.2. The molecule has 0 saturated carbocycles. The van der Waals surface area contributed by atoms with Gasteiger partial charge in [-0.2, -0.15) is 5.26 Å². The van der Waals surface area contributed by atoms with Crippen molar-refractivity contribution in [2.75, 3.05) is 7.11 Å². The molecule has 0 radical (unpaired) electrons. The minimum atomic E-state index is 0.0767. The molecule has 108 valence electrons. The zero-order chi connectivity index (χ0) is 15.4. The highest BCUT2D eigenvalue weighted by Gasteiger charge is 2.14. The molecule has 0 aliphatic rings. The zero-order valence-electron chi connectivity index (χ0n) is 11.0. The maximum Gasteiger partial charge on any atom is 0.179 e. The van der Waals surface area contributed by atoms with Gasteiger partial charge in [0, 0.05) is 10.6 Å². The van der Waals surface area contributed by atoms with Crippen LogP contribution in [0.15, 0.2) is 30.3 Å². The Balaban J connectivity index is 2.34. The van der Waals surface area contributed by atoms with E-state index in [2.05, 4.69) is 6.07 Å². The Morgan fingerprint density at radius 1 is 1.10 bits per heavy atom. The van der Waals surface area contributed by atoms with E-state index in [1.54, 1.807) is 30.3 Å². The van der Waals surface area contributed by atoms with Gasteiger partial charge in [-0.3, -0.25) is 0 Å². The lowest BCUT2D eigenvalue weighted by molar-refractivity contribution is 0.284. The molecular weight excluding hydrogens is 333 g/mol. The van der Waals surface area contributed by atoms with Gasteiger partial charge in [0.1, 0.15) is 12.7 Å². The Kier molecular flexibility index (Phi) is 5.19. The summed E-state index contributed by atoms with van der Waals surface area (Å²) < 4.78 is 10.9. The molecule has 0 saturated heterocycles. The first kappa shape index (κ1) is 15.8. The van der Waals surface area contributed by atoms with Crippen molar-refractivity contribution in [3.63, 3.8) is 0 Å². The molecule has 2 aromatic rings. The molecule has 0 aromatic heterocycles. The summed E-state index contributed by atoms with van der Waals surface area (Å²) in [5.41, 5.74) is 0.921. The third-order valence-corrected chi connectivity index (χ3v) is 4.02. The van der Waals surface area contributed by atoms with E-state index in [-0.39, 0.29) is 6.61 Å². The lowest BCUT2D eigenvalue weighted by Crippen LogP contribution is -2.01. The number of hydrogen-bond donors (Lipinski definition) is 0. The average Bonchev–Trinajstić information content (AvgIpc) is 2.50. The number of para-hydroxylation sites is 1. The molecule has 0 fully saturated rings. The van der Waals surface area contributed by atoms with Crippen LogP contribution in [0.4, 0.5) is 0 Å². The summed E-state index contributed by atoms with van der Waals surface area (Å²) >= 11 is 18.2. The molecule has 2 aromatic carbocycles. The first-order valence-electron chi connectivity index (χ1n) is 5.90. The molecule has 0 aliphatic heterocycles. The number of hydrogen-bond acceptors (Lipinski definition) is 3. The second-order valence-electron chi connectivity index (χ2n) is 4.06.